The molecule has 0 aliphatic carbocycles. The van der Waals surface area contributed by atoms with Gasteiger partial charge in [-0.15, -0.1) is 0 Å². The van der Waals surface area contributed by atoms with Crippen molar-refractivity contribution in [2.24, 2.45) is 0 Å². The first-order valence-corrected chi connectivity index (χ1v) is 17.2. The van der Waals surface area contributed by atoms with Gasteiger partial charge in [-0.2, -0.15) is 0 Å². The van der Waals surface area contributed by atoms with Gasteiger partial charge >= 0.3 is 24.1 Å². The zero-order chi connectivity index (χ0) is 38.7. The highest BCUT2D eigenvalue weighted by atomic mass is 16.6. The Bertz CT molecular complexity index is 1990. The SMILES string of the molecule is COc1ccc(C(c2[nH]c3ccccc3c2CC(NC(=O)OC(C)(C)C)C(=O)O)c2[nH]c3ccccc3c2CC(NC(=O)OC(C)(C)C)C(=O)O)cc1. The molecule has 0 bridgehead atoms. The number of carbonyl (C=O) groups excluding carboxylic acids is 2. The molecule has 2 atom stereocenters. The molecule has 0 saturated carbocycles. The van der Waals surface area contributed by atoms with Crippen molar-refractivity contribution in [1.82, 2.24) is 20.6 Å². The lowest BCUT2D eigenvalue weighted by atomic mass is 9.85. The Kier molecular flexibility index (Phi) is 11.1. The normalized spacial score (nSPS) is 13.6. The van der Waals surface area contributed by atoms with Crippen LogP contribution in [0.2, 0.25) is 0 Å². The molecule has 5 rings (SSSR count). The molecular formula is C40H46N4O9. The fourth-order valence-electron chi connectivity index (χ4n) is 6.36. The van der Waals surface area contributed by atoms with Crippen molar-refractivity contribution in [3.63, 3.8) is 0 Å². The predicted molar refractivity (Wildman–Crippen MR) is 200 cm³/mol. The van der Waals surface area contributed by atoms with Crippen molar-refractivity contribution < 1.29 is 43.6 Å². The average molecular weight is 727 g/mol. The zero-order valence-corrected chi connectivity index (χ0v) is 30.8. The van der Waals surface area contributed by atoms with Crippen molar-refractivity contribution >= 4 is 45.9 Å². The number of aliphatic carboxylic acids is 2. The minimum absolute atomic E-state index is 0.117. The van der Waals surface area contributed by atoms with E-state index in [-0.39, 0.29) is 12.8 Å². The molecule has 0 spiro atoms. The Morgan fingerprint density at radius 2 is 1.04 bits per heavy atom. The quantitative estimate of drug-likeness (QED) is 0.0795. The van der Waals surface area contributed by atoms with Gasteiger partial charge in [0.1, 0.15) is 29.0 Å². The third-order valence-electron chi connectivity index (χ3n) is 8.51. The second-order valence-corrected chi connectivity index (χ2v) is 14.8. The molecule has 6 N–H and O–H groups in total. The molecule has 0 aliphatic rings. The summed E-state index contributed by atoms with van der Waals surface area (Å²) in [5, 5.41) is 27.2. The van der Waals surface area contributed by atoms with Crippen LogP contribution in [-0.4, -0.2) is 74.7 Å². The van der Waals surface area contributed by atoms with Crippen LogP contribution in [0.1, 0.15) is 75.5 Å². The second-order valence-electron chi connectivity index (χ2n) is 14.8. The molecular weight excluding hydrogens is 680 g/mol. The number of fused-ring (bicyclic) bond motifs is 2. The summed E-state index contributed by atoms with van der Waals surface area (Å²) in [5.74, 6) is -2.55. The Morgan fingerprint density at radius 1 is 0.642 bits per heavy atom. The number of aromatic nitrogens is 2. The third kappa shape index (κ3) is 9.28. The zero-order valence-electron chi connectivity index (χ0n) is 30.8. The molecule has 2 unspecified atom stereocenters. The summed E-state index contributed by atoms with van der Waals surface area (Å²) in [5.41, 5.74) is 3.00. The van der Waals surface area contributed by atoms with Crippen molar-refractivity contribution in [1.29, 1.82) is 0 Å². The van der Waals surface area contributed by atoms with Crippen molar-refractivity contribution in [3.05, 3.63) is 101 Å². The summed E-state index contributed by atoms with van der Waals surface area (Å²) in [6, 6.07) is 19.6. The number of carbonyl (C=O) groups is 4. The van der Waals surface area contributed by atoms with E-state index in [1.165, 1.54) is 0 Å². The number of benzene rings is 3. The minimum atomic E-state index is -1.36. The van der Waals surface area contributed by atoms with E-state index in [0.717, 1.165) is 27.4 Å². The van der Waals surface area contributed by atoms with Crippen molar-refractivity contribution in [2.45, 2.75) is 83.6 Å². The third-order valence-corrected chi connectivity index (χ3v) is 8.51. The molecule has 13 heteroatoms. The first-order chi connectivity index (χ1) is 24.9. The highest BCUT2D eigenvalue weighted by molar-refractivity contribution is 5.90. The van der Waals surface area contributed by atoms with E-state index in [9.17, 15) is 29.4 Å². The number of para-hydroxylation sites is 2. The van der Waals surface area contributed by atoms with Crippen LogP contribution in [0, 0.1) is 0 Å². The molecule has 5 aromatic rings. The van der Waals surface area contributed by atoms with Crippen LogP contribution < -0.4 is 15.4 Å². The summed E-state index contributed by atoms with van der Waals surface area (Å²) >= 11 is 0. The maximum absolute atomic E-state index is 12.8. The molecule has 0 fully saturated rings. The number of nitrogens with one attached hydrogen (secondary N) is 4. The number of rotatable bonds is 12. The Labute approximate surface area is 307 Å². The minimum Gasteiger partial charge on any atom is -0.497 e. The van der Waals surface area contributed by atoms with Gasteiger partial charge in [0.2, 0.25) is 0 Å². The highest BCUT2D eigenvalue weighted by Crippen LogP contribution is 2.41. The fourth-order valence-corrected chi connectivity index (χ4v) is 6.36. The van der Waals surface area contributed by atoms with Gasteiger partial charge in [0.15, 0.2) is 0 Å². The predicted octanol–water partition coefficient (Wildman–Crippen LogP) is 6.88. The van der Waals surface area contributed by atoms with E-state index in [1.807, 2.05) is 60.7 Å². The number of carboxylic acids is 2. The van der Waals surface area contributed by atoms with Crippen LogP contribution in [-0.2, 0) is 31.9 Å². The van der Waals surface area contributed by atoms with E-state index >= 15 is 0 Å². The maximum Gasteiger partial charge on any atom is 0.408 e. The number of ether oxygens (including phenoxy) is 3. The molecule has 53 heavy (non-hydrogen) atoms. The number of hydrogen-bond donors (Lipinski definition) is 6. The number of H-pyrrole nitrogens is 2. The Hall–Kier alpha value is -5.98. The van der Waals surface area contributed by atoms with Crippen LogP contribution >= 0.6 is 0 Å². The topological polar surface area (TPSA) is 192 Å². The number of hydrogen-bond acceptors (Lipinski definition) is 7. The van der Waals surface area contributed by atoms with Crippen LogP contribution in [0.5, 0.6) is 5.75 Å². The number of carboxylic acid groups (broad SMARTS) is 2. The maximum atomic E-state index is 12.8. The molecule has 2 heterocycles. The van der Waals surface area contributed by atoms with Crippen molar-refractivity contribution in [2.75, 3.05) is 7.11 Å². The smallest absolute Gasteiger partial charge is 0.408 e. The van der Waals surface area contributed by atoms with Crippen molar-refractivity contribution in [3.8, 4) is 5.75 Å². The molecule has 13 nitrogen and oxygen atoms in total. The molecule has 280 valence electrons. The van der Waals surface area contributed by atoms with Gasteiger partial charge in [-0.25, -0.2) is 19.2 Å². The molecule has 0 aliphatic heterocycles. The van der Waals surface area contributed by atoms with Crippen LogP contribution in [0.15, 0.2) is 72.8 Å². The van der Waals surface area contributed by atoms with Gasteiger partial charge in [-0.3, -0.25) is 0 Å². The first-order valence-electron chi connectivity index (χ1n) is 17.2. The molecule has 0 saturated heterocycles. The molecule has 3 aromatic carbocycles. The fraction of sp³-hybridized carbons (Fsp3) is 0.350. The highest BCUT2D eigenvalue weighted by Gasteiger charge is 2.34. The van der Waals surface area contributed by atoms with Gasteiger partial charge in [0.25, 0.3) is 0 Å². The van der Waals surface area contributed by atoms with Crippen LogP contribution in [0.25, 0.3) is 21.8 Å². The number of alkyl carbamates (subject to hydrolysis) is 2. The standard InChI is InChI=1S/C40H46N4O9/c1-39(2,3)52-37(49)43-30(35(45)46)20-26-24-12-8-10-14-28(24)41-33(26)32(22-16-18-23(51-7)19-17-22)34-27(25-13-9-11-15-29(25)42-34)21-31(36(47)48)44-38(50)53-40(4,5)6/h8-19,30-32,41-42H,20-21H2,1-7H3,(H,43,49)(H,44,50)(H,45,46)(H,47,48). The van der Waals surface area contributed by atoms with Crippen LogP contribution in [0.3, 0.4) is 0 Å². The number of aromatic amines is 2. The van der Waals surface area contributed by atoms with E-state index in [4.69, 9.17) is 14.2 Å². The van der Waals surface area contributed by atoms with Gasteiger partial charge in [0.05, 0.1) is 13.0 Å². The van der Waals surface area contributed by atoms with Crippen LogP contribution in [0.4, 0.5) is 9.59 Å². The van der Waals surface area contributed by atoms with Gasteiger partial charge in [-0.1, -0.05) is 48.5 Å². The van der Waals surface area contributed by atoms with E-state index in [2.05, 4.69) is 20.6 Å². The van der Waals surface area contributed by atoms with Gasteiger partial charge in [0, 0.05) is 46.0 Å². The van der Waals surface area contributed by atoms with E-state index < -0.39 is 53.3 Å². The summed E-state index contributed by atoms with van der Waals surface area (Å²) in [7, 11) is 1.56. The Balaban J connectivity index is 1.71. The summed E-state index contributed by atoms with van der Waals surface area (Å²) in [4.78, 5) is 58.1. The number of methoxy groups -OCH3 is 1. The van der Waals surface area contributed by atoms with E-state index in [0.29, 0.717) is 28.3 Å². The molecule has 2 aromatic heterocycles. The summed E-state index contributed by atoms with van der Waals surface area (Å²) in [6.07, 6.45) is -1.97. The monoisotopic (exact) mass is 726 g/mol. The Morgan fingerprint density at radius 3 is 1.40 bits per heavy atom. The summed E-state index contributed by atoms with van der Waals surface area (Å²) < 4.78 is 16.3. The summed E-state index contributed by atoms with van der Waals surface area (Å²) in [6.45, 7) is 10.1. The lowest BCUT2D eigenvalue weighted by molar-refractivity contribution is -0.140. The average Bonchev–Trinajstić information content (AvgIpc) is 3.61. The van der Waals surface area contributed by atoms with Gasteiger partial charge in [-0.05, 0) is 82.5 Å². The lowest BCUT2D eigenvalue weighted by Crippen LogP contribution is -2.45. The molecule has 2 amide bonds. The largest absolute Gasteiger partial charge is 0.497 e. The second kappa shape index (κ2) is 15.3. The van der Waals surface area contributed by atoms with Gasteiger partial charge < -0.3 is 45.0 Å². The van der Waals surface area contributed by atoms with E-state index in [1.54, 1.807) is 60.8 Å². The lowest BCUT2D eigenvalue weighted by Gasteiger charge is -2.24. The first kappa shape index (κ1) is 38.3. The molecule has 0 radical (unpaired) electrons. The number of amides is 2.